The monoisotopic (exact) mass is 461 g/mol. The standard InChI is InChI=1S/C25H23N3O2S2/c1-2-22(32-19-10-6-9-18(13-19)27-23(29)17-11-12-17)24(30)28-25-20(14-26)21(15-31-25)16-7-4-3-5-8-16/h3-10,13,15,17,22H,2,11-12H2,1H3,(H,27,29)(H,28,30). The summed E-state index contributed by atoms with van der Waals surface area (Å²) in [6, 6.07) is 19.5. The van der Waals surface area contributed by atoms with Gasteiger partial charge in [0.05, 0.1) is 10.8 Å². The molecule has 0 radical (unpaired) electrons. The average molecular weight is 462 g/mol. The van der Waals surface area contributed by atoms with Crippen molar-refractivity contribution in [2.24, 2.45) is 5.92 Å². The lowest BCUT2D eigenvalue weighted by atomic mass is 10.1. The second kappa shape index (κ2) is 10.0. The minimum absolute atomic E-state index is 0.0629. The molecule has 32 heavy (non-hydrogen) atoms. The Kier molecular flexibility index (Phi) is 6.93. The zero-order valence-electron chi connectivity index (χ0n) is 17.6. The lowest BCUT2D eigenvalue weighted by Crippen LogP contribution is -2.24. The first-order valence-corrected chi connectivity index (χ1v) is 12.3. The van der Waals surface area contributed by atoms with Gasteiger partial charge in [0.15, 0.2) is 0 Å². The third-order valence-corrected chi connectivity index (χ3v) is 7.47. The molecule has 1 unspecified atom stereocenters. The van der Waals surface area contributed by atoms with E-state index in [1.54, 1.807) is 0 Å². The summed E-state index contributed by atoms with van der Waals surface area (Å²) in [5, 5.41) is 17.8. The molecule has 162 valence electrons. The number of anilines is 2. The predicted octanol–water partition coefficient (Wildman–Crippen LogP) is 6.14. The van der Waals surface area contributed by atoms with Crippen LogP contribution in [0.15, 0.2) is 64.9 Å². The largest absolute Gasteiger partial charge is 0.326 e. The van der Waals surface area contributed by atoms with Gasteiger partial charge in [-0.05, 0) is 43.0 Å². The van der Waals surface area contributed by atoms with Crippen LogP contribution in [0, 0.1) is 17.2 Å². The van der Waals surface area contributed by atoms with Gasteiger partial charge in [0, 0.05) is 27.4 Å². The van der Waals surface area contributed by atoms with Crippen LogP contribution in [0.25, 0.3) is 11.1 Å². The molecule has 1 aliphatic rings. The maximum atomic E-state index is 13.0. The summed E-state index contributed by atoms with van der Waals surface area (Å²) < 4.78 is 0. The minimum Gasteiger partial charge on any atom is -0.326 e. The number of thioether (sulfide) groups is 1. The molecule has 1 heterocycles. The fourth-order valence-corrected chi connectivity index (χ4v) is 5.24. The lowest BCUT2D eigenvalue weighted by molar-refractivity contribution is -0.117. The van der Waals surface area contributed by atoms with Gasteiger partial charge in [-0.1, -0.05) is 43.3 Å². The van der Waals surface area contributed by atoms with Crippen molar-refractivity contribution >= 4 is 45.6 Å². The van der Waals surface area contributed by atoms with Crippen LogP contribution in [0.2, 0.25) is 0 Å². The fourth-order valence-electron chi connectivity index (χ4n) is 3.31. The van der Waals surface area contributed by atoms with Crippen LogP contribution >= 0.6 is 23.1 Å². The first kappa shape index (κ1) is 22.1. The van der Waals surface area contributed by atoms with Gasteiger partial charge in [0.25, 0.3) is 0 Å². The van der Waals surface area contributed by atoms with E-state index in [2.05, 4.69) is 16.7 Å². The molecule has 1 fully saturated rings. The number of amides is 2. The van der Waals surface area contributed by atoms with E-state index in [0.29, 0.717) is 17.0 Å². The van der Waals surface area contributed by atoms with E-state index in [-0.39, 0.29) is 23.0 Å². The minimum atomic E-state index is -0.321. The summed E-state index contributed by atoms with van der Waals surface area (Å²) >= 11 is 2.82. The van der Waals surface area contributed by atoms with E-state index in [9.17, 15) is 14.9 Å². The first-order chi connectivity index (χ1) is 15.6. The van der Waals surface area contributed by atoms with Gasteiger partial charge in [-0.2, -0.15) is 5.26 Å². The van der Waals surface area contributed by atoms with Crippen molar-refractivity contribution in [1.29, 1.82) is 5.26 Å². The number of nitriles is 1. The molecule has 2 amide bonds. The van der Waals surface area contributed by atoms with Gasteiger partial charge in [0.2, 0.25) is 11.8 Å². The highest BCUT2D eigenvalue weighted by molar-refractivity contribution is 8.00. The van der Waals surface area contributed by atoms with Gasteiger partial charge >= 0.3 is 0 Å². The van der Waals surface area contributed by atoms with Crippen molar-refractivity contribution in [3.63, 3.8) is 0 Å². The Morgan fingerprint density at radius 3 is 2.62 bits per heavy atom. The van der Waals surface area contributed by atoms with E-state index < -0.39 is 0 Å². The predicted molar refractivity (Wildman–Crippen MR) is 131 cm³/mol. The maximum absolute atomic E-state index is 13.0. The molecule has 2 N–H and O–H groups in total. The van der Waals surface area contributed by atoms with Crippen molar-refractivity contribution in [1.82, 2.24) is 0 Å². The lowest BCUT2D eigenvalue weighted by Gasteiger charge is -2.15. The molecular weight excluding hydrogens is 438 g/mol. The molecule has 0 aliphatic heterocycles. The summed E-state index contributed by atoms with van der Waals surface area (Å²) in [5.41, 5.74) is 3.01. The number of hydrogen-bond donors (Lipinski definition) is 2. The average Bonchev–Trinajstić information content (AvgIpc) is 3.59. The van der Waals surface area contributed by atoms with E-state index in [0.717, 1.165) is 34.6 Å². The van der Waals surface area contributed by atoms with Gasteiger partial charge in [-0.3, -0.25) is 9.59 Å². The third-order valence-electron chi connectivity index (χ3n) is 5.22. The molecule has 0 spiro atoms. The number of nitrogens with one attached hydrogen (secondary N) is 2. The van der Waals surface area contributed by atoms with Gasteiger partial charge < -0.3 is 10.6 Å². The van der Waals surface area contributed by atoms with Gasteiger partial charge in [0.1, 0.15) is 11.1 Å². The Labute approximate surface area is 195 Å². The van der Waals surface area contributed by atoms with Crippen molar-refractivity contribution in [2.75, 3.05) is 10.6 Å². The highest BCUT2D eigenvalue weighted by Gasteiger charge is 2.29. The summed E-state index contributed by atoms with van der Waals surface area (Å²) in [4.78, 5) is 26.0. The van der Waals surface area contributed by atoms with Crippen molar-refractivity contribution in [3.8, 4) is 17.2 Å². The number of nitrogens with zero attached hydrogens (tertiary/aromatic N) is 1. The molecule has 3 aromatic rings. The normalized spacial score (nSPS) is 13.8. The Hall–Kier alpha value is -3.08. The van der Waals surface area contributed by atoms with Gasteiger partial charge in [-0.25, -0.2) is 0 Å². The van der Waals surface area contributed by atoms with E-state index >= 15 is 0 Å². The van der Waals surface area contributed by atoms with Crippen molar-refractivity contribution in [3.05, 3.63) is 65.5 Å². The van der Waals surface area contributed by atoms with Crippen LogP contribution in [-0.4, -0.2) is 17.1 Å². The fraction of sp³-hybridized carbons (Fsp3) is 0.240. The van der Waals surface area contributed by atoms with E-state index in [1.165, 1.54) is 23.1 Å². The van der Waals surface area contributed by atoms with Crippen LogP contribution in [0.4, 0.5) is 10.7 Å². The second-order valence-corrected chi connectivity index (χ2v) is 9.78. The van der Waals surface area contributed by atoms with Crippen LogP contribution < -0.4 is 10.6 Å². The molecule has 1 aromatic heterocycles. The number of benzene rings is 2. The molecule has 5 nitrogen and oxygen atoms in total. The quantitative estimate of drug-likeness (QED) is 0.395. The number of carbonyl (C=O) groups is 2. The summed E-state index contributed by atoms with van der Waals surface area (Å²) in [6.07, 6.45) is 2.55. The van der Waals surface area contributed by atoms with Crippen molar-refractivity contribution in [2.45, 2.75) is 36.3 Å². The number of carbonyl (C=O) groups excluding carboxylic acids is 2. The molecule has 1 saturated carbocycles. The van der Waals surface area contributed by atoms with Crippen LogP contribution in [0.5, 0.6) is 0 Å². The Morgan fingerprint density at radius 2 is 1.94 bits per heavy atom. The molecule has 0 bridgehead atoms. The number of rotatable bonds is 8. The Morgan fingerprint density at radius 1 is 1.16 bits per heavy atom. The highest BCUT2D eigenvalue weighted by Crippen LogP contribution is 2.36. The maximum Gasteiger partial charge on any atom is 0.238 e. The van der Waals surface area contributed by atoms with Crippen LogP contribution in [-0.2, 0) is 9.59 Å². The van der Waals surface area contributed by atoms with Crippen LogP contribution in [0.1, 0.15) is 31.7 Å². The molecule has 7 heteroatoms. The number of thiophene rings is 1. The Balaban J connectivity index is 1.45. The zero-order chi connectivity index (χ0) is 22.5. The molecule has 1 atom stereocenters. The molecule has 0 saturated heterocycles. The summed E-state index contributed by atoms with van der Waals surface area (Å²) in [7, 11) is 0. The molecule has 4 rings (SSSR count). The molecule has 1 aliphatic carbocycles. The highest BCUT2D eigenvalue weighted by atomic mass is 32.2. The summed E-state index contributed by atoms with van der Waals surface area (Å²) in [6.45, 7) is 1.96. The van der Waals surface area contributed by atoms with Crippen LogP contribution in [0.3, 0.4) is 0 Å². The smallest absolute Gasteiger partial charge is 0.238 e. The third kappa shape index (κ3) is 5.21. The van der Waals surface area contributed by atoms with E-state index in [1.807, 2.05) is 66.9 Å². The first-order valence-electron chi connectivity index (χ1n) is 10.5. The van der Waals surface area contributed by atoms with Crippen molar-refractivity contribution < 1.29 is 9.59 Å². The van der Waals surface area contributed by atoms with E-state index in [4.69, 9.17) is 0 Å². The SMILES string of the molecule is CCC(Sc1cccc(NC(=O)C2CC2)c1)C(=O)Nc1scc(-c2ccccc2)c1C#N. The zero-order valence-corrected chi connectivity index (χ0v) is 19.3. The topological polar surface area (TPSA) is 82.0 Å². The second-order valence-electron chi connectivity index (χ2n) is 7.63. The Bertz CT molecular complexity index is 1160. The molecular formula is C25H23N3O2S2. The van der Waals surface area contributed by atoms with Gasteiger partial charge in [-0.15, -0.1) is 23.1 Å². The number of hydrogen-bond acceptors (Lipinski definition) is 5. The summed E-state index contributed by atoms with van der Waals surface area (Å²) in [5.74, 6) is 0.0668. The molecule has 2 aromatic carbocycles.